The van der Waals surface area contributed by atoms with E-state index in [4.69, 9.17) is 0 Å². The summed E-state index contributed by atoms with van der Waals surface area (Å²) in [6.07, 6.45) is 8.33. The van der Waals surface area contributed by atoms with Crippen molar-refractivity contribution in [2.45, 2.75) is 44.6 Å². The van der Waals surface area contributed by atoms with Gasteiger partial charge in [0.05, 0.1) is 0 Å². The van der Waals surface area contributed by atoms with Crippen LogP contribution in [-0.4, -0.2) is 28.7 Å². The molecule has 0 unspecified atom stereocenters. The average Bonchev–Trinajstić information content (AvgIpc) is 2.97. The van der Waals surface area contributed by atoms with Crippen LogP contribution in [0.2, 0.25) is 0 Å². The zero-order valence-electron chi connectivity index (χ0n) is 14.8. The minimum atomic E-state index is -0.0457. The van der Waals surface area contributed by atoms with Crippen LogP contribution in [0.15, 0.2) is 36.7 Å². The molecule has 4 rings (SSSR count). The van der Waals surface area contributed by atoms with Gasteiger partial charge in [0.1, 0.15) is 5.82 Å². The van der Waals surface area contributed by atoms with Gasteiger partial charge in [0.15, 0.2) is 0 Å². The van der Waals surface area contributed by atoms with Crippen molar-refractivity contribution >= 4 is 6.03 Å². The monoisotopic (exact) mass is 338 g/mol. The SMILES string of the molecule is Cc1nccn1CCCNC(=O)NC[C@H]1C[C@@]12CCc1ccccc12. The van der Waals surface area contributed by atoms with Crippen molar-refractivity contribution in [3.05, 3.63) is 53.6 Å². The standard InChI is InChI=1S/C20H26N4O/c1-15-21-10-12-24(15)11-4-9-22-19(25)23-14-17-13-20(17)8-7-16-5-2-3-6-18(16)20/h2-3,5-6,10,12,17H,4,7-9,11,13-14H2,1H3,(H2,22,23,25)/t17-,20+/m1/s1. The van der Waals surface area contributed by atoms with Crippen LogP contribution in [0.4, 0.5) is 4.79 Å². The number of amides is 2. The third-order valence-electron chi connectivity index (χ3n) is 5.92. The molecule has 132 valence electrons. The number of benzene rings is 1. The van der Waals surface area contributed by atoms with Gasteiger partial charge in [-0.3, -0.25) is 0 Å². The number of hydrogen-bond donors (Lipinski definition) is 2. The van der Waals surface area contributed by atoms with Crippen molar-refractivity contribution in [3.8, 4) is 0 Å². The highest BCUT2D eigenvalue weighted by atomic mass is 16.2. The molecule has 5 nitrogen and oxygen atoms in total. The zero-order valence-corrected chi connectivity index (χ0v) is 14.8. The smallest absolute Gasteiger partial charge is 0.314 e. The molecule has 2 aromatic rings. The zero-order chi connectivity index (χ0) is 17.3. The van der Waals surface area contributed by atoms with Crippen LogP contribution in [0.3, 0.4) is 0 Å². The van der Waals surface area contributed by atoms with Gasteiger partial charge in [-0.05, 0) is 49.7 Å². The highest BCUT2D eigenvalue weighted by Gasteiger charge is 2.57. The maximum atomic E-state index is 12.0. The van der Waals surface area contributed by atoms with Crippen LogP contribution in [-0.2, 0) is 18.4 Å². The van der Waals surface area contributed by atoms with Gasteiger partial charge in [-0.25, -0.2) is 9.78 Å². The lowest BCUT2D eigenvalue weighted by molar-refractivity contribution is 0.240. The fourth-order valence-electron chi connectivity index (χ4n) is 4.37. The largest absolute Gasteiger partial charge is 0.338 e. The molecular formula is C20H26N4O. The van der Waals surface area contributed by atoms with E-state index in [1.807, 2.05) is 19.3 Å². The number of fused-ring (bicyclic) bond motifs is 2. The number of carbonyl (C=O) groups excluding carboxylic acids is 1. The van der Waals surface area contributed by atoms with Crippen LogP contribution < -0.4 is 10.6 Å². The fraction of sp³-hybridized carbons (Fsp3) is 0.500. The lowest BCUT2D eigenvalue weighted by atomic mass is 9.95. The Balaban J connectivity index is 1.18. The van der Waals surface area contributed by atoms with Crippen LogP contribution in [0.25, 0.3) is 0 Å². The molecule has 0 aliphatic heterocycles. The Hall–Kier alpha value is -2.30. The number of rotatable bonds is 6. The second-order valence-corrected chi connectivity index (χ2v) is 7.37. The van der Waals surface area contributed by atoms with E-state index in [9.17, 15) is 4.79 Å². The van der Waals surface area contributed by atoms with Crippen LogP contribution >= 0.6 is 0 Å². The molecule has 1 heterocycles. The Kier molecular flexibility index (Phi) is 4.24. The number of aromatic nitrogens is 2. The maximum absolute atomic E-state index is 12.0. The first-order chi connectivity index (χ1) is 12.2. The molecule has 2 amide bonds. The van der Waals surface area contributed by atoms with E-state index >= 15 is 0 Å². The van der Waals surface area contributed by atoms with Crippen LogP contribution in [0.5, 0.6) is 0 Å². The van der Waals surface area contributed by atoms with Crippen molar-refractivity contribution in [3.63, 3.8) is 0 Å². The first-order valence-electron chi connectivity index (χ1n) is 9.27. The first kappa shape index (κ1) is 16.2. The fourth-order valence-corrected chi connectivity index (χ4v) is 4.37. The molecule has 0 saturated heterocycles. The Morgan fingerprint density at radius 2 is 2.24 bits per heavy atom. The van der Waals surface area contributed by atoms with E-state index in [1.165, 1.54) is 30.4 Å². The lowest BCUT2D eigenvalue weighted by Crippen LogP contribution is -2.38. The van der Waals surface area contributed by atoms with Gasteiger partial charge in [0, 0.05) is 37.4 Å². The molecule has 1 saturated carbocycles. The van der Waals surface area contributed by atoms with E-state index in [-0.39, 0.29) is 6.03 Å². The van der Waals surface area contributed by atoms with Gasteiger partial charge < -0.3 is 15.2 Å². The van der Waals surface area contributed by atoms with Crippen molar-refractivity contribution in [1.29, 1.82) is 0 Å². The van der Waals surface area contributed by atoms with Crippen LogP contribution in [0, 0.1) is 12.8 Å². The first-order valence-corrected chi connectivity index (χ1v) is 9.27. The predicted molar refractivity (Wildman–Crippen MR) is 97.5 cm³/mol. The summed E-state index contributed by atoms with van der Waals surface area (Å²) < 4.78 is 2.10. The van der Waals surface area contributed by atoms with Crippen molar-refractivity contribution in [1.82, 2.24) is 20.2 Å². The summed E-state index contributed by atoms with van der Waals surface area (Å²) in [5, 5.41) is 6.02. The Bertz CT molecular complexity index is 769. The number of nitrogens with zero attached hydrogens (tertiary/aromatic N) is 2. The number of carbonyl (C=O) groups is 1. The Morgan fingerprint density at radius 1 is 1.36 bits per heavy atom. The number of aryl methyl sites for hydroxylation is 3. The van der Waals surface area contributed by atoms with E-state index in [0.29, 0.717) is 17.9 Å². The highest BCUT2D eigenvalue weighted by molar-refractivity contribution is 5.73. The maximum Gasteiger partial charge on any atom is 0.314 e. The third-order valence-corrected chi connectivity index (χ3v) is 5.92. The normalized spacial score (nSPS) is 23.5. The minimum absolute atomic E-state index is 0.0457. The molecule has 0 radical (unpaired) electrons. The van der Waals surface area contributed by atoms with E-state index < -0.39 is 0 Å². The van der Waals surface area contributed by atoms with Gasteiger partial charge in [-0.2, -0.15) is 0 Å². The molecule has 2 aliphatic carbocycles. The van der Waals surface area contributed by atoms with Gasteiger partial charge in [-0.15, -0.1) is 0 Å². The van der Waals surface area contributed by atoms with Gasteiger partial charge in [0.25, 0.3) is 0 Å². The number of hydrogen-bond acceptors (Lipinski definition) is 2. The topological polar surface area (TPSA) is 59.0 Å². The van der Waals surface area contributed by atoms with E-state index in [1.54, 1.807) is 0 Å². The average molecular weight is 338 g/mol. The lowest BCUT2D eigenvalue weighted by Gasteiger charge is -2.13. The third kappa shape index (κ3) is 3.15. The number of nitrogens with one attached hydrogen (secondary N) is 2. The molecule has 2 aliphatic rings. The summed E-state index contributed by atoms with van der Waals surface area (Å²) in [4.78, 5) is 16.2. The summed E-state index contributed by atoms with van der Waals surface area (Å²) in [5.41, 5.74) is 3.38. The molecule has 0 bridgehead atoms. The summed E-state index contributed by atoms with van der Waals surface area (Å²) in [7, 11) is 0. The summed E-state index contributed by atoms with van der Waals surface area (Å²) in [5.74, 6) is 1.61. The predicted octanol–water partition coefficient (Wildman–Crippen LogP) is 2.78. The number of urea groups is 1. The Labute approximate surface area is 148 Å². The highest BCUT2D eigenvalue weighted by Crippen LogP contribution is 2.61. The van der Waals surface area contributed by atoms with E-state index in [2.05, 4.69) is 44.5 Å². The Morgan fingerprint density at radius 3 is 3.08 bits per heavy atom. The quantitative estimate of drug-likeness (QED) is 0.796. The molecule has 1 aromatic carbocycles. The minimum Gasteiger partial charge on any atom is -0.338 e. The second-order valence-electron chi connectivity index (χ2n) is 7.37. The molecule has 2 atom stereocenters. The molecule has 1 fully saturated rings. The molecule has 25 heavy (non-hydrogen) atoms. The molecule has 2 N–H and O–H groups in total. The second kappa shape index (κ2) is 6.54. The molecule has 5 heteroatoms. The van der Waals surface area contributed by atoms with Crippen LogP contribution in [0.1, 0.15) is 36.2 Å². The van der Waals surface area contributed by atoms with Crippen molar-refractivity contribution in [2.75, 3.05) is 13.1 Å². The van der Waals surface area contributed by atoms with E-state index in [0.717, 1.165) is 25.3 Å². The van der Waals surface area contributed by atoms with Gasteiger partial charge in [0.2, 0.25) is 0 Å². The molecular weight excluding hydrogens is 312 g/mol. The summed E-state index contributed by atoms with van der Waals surface area (Å²) >= 11 is 0. The number of imidazole rings is 1. The molecule has 1 aromatic heterocycles. The van der Waals surface area contributed by atoms with Gasteiger partial charge in [-0.1, -0.05) is 24.3 Å². The molecule has 1 spiro atoms. The van der Waals surface area contributed by atoms with Crippen molar-refractivity contribution in [2.24, 2.45) is 5.92 Å². The van der Waals surface area contributed by atoms with Crippen molar-refractivity contribution < 1.29 is 4.79 Å². The summed E-state index contributed by atoms with van der Waals surface area (Å²) in [6, 6.07) is 8.76. The summed E-state index contributed by atoms with van der Waals surface area (Å²) in [6.45, 7) is 4.34. The van der Waals surface area contributed by atoms with Gasteiger partial charge >= 0.3 is 6.03 Å².